The van der Waals surface area contributed by atoms with Gasteiger partial charge in [-0.1, -0.05) is 23.7 Å². The monoisotopic (exact) mass is 312 g/mol. The molecule has 0 atom stereocenters. The van der Waals surface area contributed by atoms with Crippen LogP contribution in [0.25, 0.3) is 0 Å². The Kier molecular flexibility index (Phi) is 5.24. The molecule has 0 radical (unpaired) electrons. The molecule has 100 valence electrons. The summed E-state index contributed by atoms with van der Waals surface area (Å²) in [6.45, 7) is 0. The summed E-state index contributed by atoms with van der Waals surface area (Å²) in [5.74, 6) is 0.478. The number of nitrogens with zero attached hydrogens (tertiary/aromatic N) is 1. The van der Waals surface area contributed by atoms with Gasteiger partial charge in [0.2, 0.25) is 5.91 Å². The van der Waals surface area contributed by atoms with E-state index in [4.69, 9.17) is 11.6 Å². The highest BCUT2D eigenvalue weighted by atomic mass is 35.5. The van der Waals surface area contributed by atoms with Crippen LogP contribution in [0.2, 0.25) is 5.02 Å². The van der Waals surface area contributed by atoms with Crippen LogP contribution in [-0.2, 0) is 11.2 Å². The lowest BCUT2D eigenvalue weighted by Gasteiger charge is -1.99. The minimum Gasteiger partial charge on any atom is -0.302 e. The first kappa shape index (κ1) is 14.4. The number of thiol groups is 1. The molecule has 0 unspecified atom stereocenters. The third-order valence-corrected chi connectivity index (χ3v) is 3.78. The zero-order chi connectivity index (χ0) is 13.7. The van der Waals surface area contributed by atoms with Crippen LogP contribution in [0.15, 0.2) is 30.5 Å². The number of nitrogens with one attached hydrogen (secondary N) is 1. The molecule has 0 saturated carbocycles. The molecule has 1 aromatic heterocycles. The fourth-order valence-corrected chi connectivity index (χ4v) is 2.86. The number of rotatable bonds is 5. The van der Waals surface area contributed by atoms with Crippen LogP contribution in [0.3, 0.4) is 0 Å². The van der Waals surface area contributed by atoms with E-state index in [1.807, 2.05) is 24.3 Å². The van der Waals surface area contributed by atoms with Crippen LogP contribution in [0.5, 0.6) is 0 Å². The summed E-state index contributed by atoms with van der Waals surface area (Å²) in [5, 5.41) is 4.11. The lowest BCUT2D eigenvalue weighted by atomic mass is 10.1. The largest absolute Gasteiger partial charge is 0.302 e. The van der Waals surface area contributed by atoms with E-state index in [0.29, 0.717) is 17.3 Å². The summed E-state index contributed by atoms with van der Waals surface area (Å²) in [5.41, 5.74) is 1.13. The Morgan fingerprint density at radius 3 is 3.05 bits per heavy atom. The van der Waals surface area contributed by atoms with Gasteiger partial charge in [-0.25, -0.2) is 4.98 Å². The van der Waals surface area contributed by atoms with Crippen LogP contribution < -0.4 is 5.32 Å². The van der Waals surface area contributed by atoms with Crippen molar-refractivity contribution >= 4 is 46.6 Å². The van der Waals surface area contributed by atoms with E-state index in [-0.39, 0.29) is 5.91 Å². The maximum Gasteiger partial charge on any atom is 0.226 e. The summed E-state index contributed by atoms with van der Waals surface area (Å²) in [4.78, 5) is 16.7. The van der Waals surface area contributed by atoms with E-state index >= 15 is 0 Å². The predicted molar refractivity (Wildman–Crippen MR) is 83.5 cm³/mol. The molecular formula is C13H13ClN2OS2. The van der Waals surface area contributed by atoms with E-state index in [9.17, 15) is 4.79 Å². The van der Waals surface area contributed by atoms with Crippen LogP contribution in [0.1, 0.15) is 16.9 Å². The molecule has 0 bridgehead atoms. The average Bonchev–Trinajstić information content (AvgIpc) is 2.76. The summed E-state index contributed by atoms with van der Waals surface area (Å²) >= 11 is 11.4. The second kappa shape index (κ2) is 6.93. The molecule has 0 fully saturated rings. The number of amides is 1. The lowest BCUT2D eigenvalue weighted by Crippen LogP contribution is -2.11. The fourth-order valence-electron chi connectivity index (χ4n) is 1.58. The van der Waals surface area contributed by atoms with Crippen molar-refractivity contribution in [3.63, 3.8) is 0 Å². The van der Waals surface area contributed by atoms with Crippen LogP contribution >= 0.6 is 35.6 Å². The molecule has 2 rings (SSSR count). The number of hydrogen-bond acceptors (Lipinski definition) is 4. The van der Waals surface area contributed by atoms with Crippen molar-refractivity contribution in [2.24, 2.45) is 0 Å². The van der Waals surface area contributed by atoms with Crippen LogP contribution in [0, 0.1) is 0 Å². The molecular weight excluding hydrogens is 300 g/mol. The number of halogens is 1. The SMILES string of the molecule is O=C(CCS)Nc1ncc(Cc2cccc(Cl)c2)s1. The zero-order valence-corrected chi connectivity index (χ0v) is 12.6. The van der Waals surface area contributed by atoms with Gasteiger partial charge < -0.3 is 5.32 Å². The molecule has 0 aliphatic carbocycles. The number of carbonyl (C=O) groups is 1. The van der Waals surface area contributed by atoms with E-state index < -0.39 is 0 Å². The van der Waals surface area contributed by atoms with E-state index in [1.165, 1.54) is 11.3 Å². The second-order valence-electron chi connectivity index (χ2n) is 3.96. The molecule has 3 nitrogen and oxygen atoms in total. The Balaban J connectivity index is 1.99. The summed E-state index contributed by atoms with van der Waals surface area (Å²) in [7, 11) is 0. The Bertz CT molecular complexity index is 571. The molecule has 1 aromatic carbocycles. The van der Waals surface area contributed by atoms with Gasteiger partial charge in [-0.2, -0.15) is 12.6 Å². The molecule has 0 aliphatic heterocycles. The molecule has 19 heavy (non-hydrogen) atoms. The smallest absolute Gasteiger partial charge is 0.226 e. The fraction of sp³-hybridized carbons (Fsp3) is 0.231. The molecule has 0 saturated heterocycles. The first-order valence-electron chi connectivity index (χ1n) is 5.77. The minimum absolute atomic E-state index is 0.0568. The lowest BCUT2D eigenvalue weighted by molar-refractivity contribution is -0.115. The standard InChI is InChI=1S/C13H13ClN2OS2/c14-10-3-1-2-9(6-10)7-11-8-15-13(19-11)16-12(17)4-5-18/h1-3,6,8,18H,4-5,7H2,(H,15,16,17). The van der Waals surface area contributed by atoms with E-state index in [0.717, 1.165) is 21.9 Å². The van der Waals surface area contributed by atoms with Crippen LogP contribution in [0.4, 0.5) is 5.13 Å². The first-order chi connectivity index (χ1) is 9.17. The molecule has 2 aromatic rings. The number of aromatic nitrogens is 1. The van der Waals surface area contributed by atoms with E-state index in [1.54, 1.807) is 6.20 Å². The number of thiazole rings is 1. The highest BCUT2D eigenvalue weighted by molar-refractivity contribution is 7.80. The van der Waals surface area contributed by atoms with E-state index in [2.05, 4.69) is 22.9 Å². The highest BCUT2D eigenvalue weighted by Crippen LogP contribution is 2.22. The van der Waals surface area contributed by atoms with Gasteiger partial charge in [-0.05, 0) is 23.4 Å². The summed E-state index contributed by atoms with van der Waals surface area (Å²) < 4.78 is 0. The maximum atomic E-state index is 11.4. The van der Waals surface area contributed by atoms with Crippen molar-refractivity contribution in [3.05, 3.63) is 45.9 Å². The maximum absolute atomic E-state index is 11.4. The summed E-state index contributed by atoms with van der Waals surface area (Å²) in [6, 6.07) is 7.72. The van der Waals surface area contributed by atoms with Gasteiger partial charge in [0.05, 0.1) is 0 Å². The Morgan fingerprint density at radius 1 is 1.47 bits per heavy atom. The normalized spacial score (nSPS) is 10.4. The zero-order valence-electron chi connectivity index (χ0n) is 10.1. The van der Waals surface area contributed by atoms with Gasteiger partial charge in [-0.15, -0.1) is 11.3 Å². The van der Waals surface area contributed by atoms with Crippen molar-refractivity contribution in [2.75, 3.05) is 11.1 Å². The van der Waals surface area contributed by atoms with Crippen molar-refractivity contribution in [1.29, 1.82) is 0 Å². The van der Waals surface area contributed by atoms with Gasteiger partial charge in [0.1, 0.15) is 0 Å². The molecule has 6 heteroatoms. The van der Waals surface area contributed by atoms with Gasteiger partial charge in [0.25, 0.3) is 0 Å². The van der Waals surface area contributed by atoms with Gasteiger partial charge in [0, 0.05) is 28.9 Å². The van der Waals surface area contributed by atoms with Crippen molar-refractivity contribution in [3.8, 4) is 0 Å². The Labute approximate surface area is 126 Å². The van der Waals surface area contributed by atoms with Gasteiger partial charge in [-0.3, -0.25) is 4.79 Å². The Morgan fingerprint density at radius 2 is 2.32 bits per heavy atom. The topological polar surface area (TPSA) is 42.0 Å². The van der Waals surface area contributed by atoms with Crippen molar-refractivity contribution in [2.45, 2.75) is 12.8 Å². The molecule has 0 spiro atoms. The minimum atomic E-state index is -0.0568. The molecule has 0 aliphatic rings. The molecule has 1 N–H and O–H groups in total. The summed E-state index contributed by atoms with van der Waals surface area (Å²) in [6.07, 6.45) is 2.94. The number of benzene rings is 1. The number of hydrogen-bond donors (Lipinski definition) is 2. The molecule has 1 amide bonds. The average molecular weight is 313 g/mol. The van der Waals surface area contributed by atoms with Crippen molar-refractivity contribution in [1.82, 2.24) is 4.98 Å². The number of carbonyl (C=O) groups excluding carboxylic acids is 1. The Hall–Kier alpha value is -1.04. The highest BCUT2D eigenvalue weighted by Gasteiger charge is 2.06. The third-order valence-electron chi connectivity index (χ3n) is 2.41. The van der Waals surface area contributed by atoms with Crippen LogP contribution in [-0.4, -0.2) is 16.6 Å². The van der Waals surface area contributed by atoms with Crippen molar-refractivity contribution < 1.29 is 4.79 Å². The van der Waals surface area contributed by atoms with Gasteiger partial charge >= 0.3 is 0 Å². The predicted octanol–water partition coefficient (Wildman–Crippen LogP) is 3.65. The first-order valence-corrected chi connectivity index (χ1v) is 7.60. The third kappa shape index (κ3) is 4.53. The second-order valence-corrected chi connectivity index (χ2v) is 5.96. The van der Waals surface area contributed by atoms with Gasteiger partial charge in [0.15, 0.2) is 5.13 Å². The molecule has 1 heterocycles. The quantitative estimate of drug-likeness (QED) is 0.828. The number of anilines is 1.